The fourth-order valence-corrected chi connectivity index (χ4v) is 3.15. The first-order valence-corrected chi connectivity index (χ1v) is 8.53. The second-order valence-electron chi connectivity index (χ2n) is 6.31. The molecule has 0 atom stereocenters. The van der Waals surface area contributed by atoms with Crippen LogP contribution in [0.4, 0.5) is 5.69 Å². The maximum absolute atomic E-state index is 11.7. The summed E-state index contributed by atoms with van der Waals surface area (Å²) in [5.74, 6) is 1.44. The predicted molar refractivity (Wildman–Crippen MR) is 97.0 cm³/mol. The predicted octanol–water partition coefficient (Wildman–Crippen LogP) is 4.50. The molecule has 0 aliphatic heterocycles. The standard InChI is InChI=1S/C20H24N2O2/c1-14-13-18(11-12-19(14)20(23)21-2)24-17-9-7-16(8-10-17)22-15-5-3-4-6-15/h7-13,15,22H,3-6H2,1-2H3,(H,21,23). The van der Waals surface area contributed by atoms with Crippen LogP contribution in [-0.2, 0) is 0 Å². The van der Waals surface area contributed by atoms with E-state index in [4.69, 9.17) is 4.74 Å². The van der Waals surface area contributed by atoms with Gasteiger partial charge in [-0.25, -0.2) is 0 Å². The summed E-state index contributed by atoms with van der Waals surface area (Å²) in [6.45, 7) is 1.91. The summed E-state index contributed by atoms with van der Waals surface area (Å²) in [5.41, 5.74) is 2.70. The summed E-state index contributed by atoms with van der Waals surface area (Å²) < 4.78 is 5.89. The van der Waals surface area contributed by atoms with Gasteiger partial charge in [0.15, 0.2) is 0 Å². The Balaban J connectivity index is 1.65. The van der Waals surface area contributed by atoms with Crippen LogP contribution in [0.15, 0.2) is 42.5 Å². The van der Waals surface area contributed by atoms with Crippen LogP contribution in [0.5, 0.6) is 11.5 Å². The molecular weight excluding hydrogens is 300 g/mol. The SMILES string of the molecule is CNC(=O)c1ccc(Oc2ccc(NC3CCCC3)cc2)cc1C. The van der Waals surface area contributed by atoms with Crippen LogP contribution in [0.2, 0.25) is 0 Å². The number of amides is 1. The van der Waals surface area contributed by atoms with Gasteiger partial charge >= 0.3 is 0 Å². The maximum Gasteiger partial charge on any atom is 0.251 e. The highest BCUT2D eigenvalue weighted by Gasteiger charge is 2.14. The highest BCUT2D eigenvalue weighted by atomic mass is 16.5. The monoisotopic (exact) mass is 324 g/mol. The average Bonchev–Trinajstić information content (AvgIpc) is 3.09. The Morgan fingerprint density at radius 2 is 1.71 bits per heavy atom. The topological polar surface area (TPSA) is 50.4 Å². The van der Waals surface area contributed by atoms with E-state index in [0.29, 0.717) is 11.6 Å². The summed E-state index contributed by atoms with van der Waals surface area (Å²) >= 11 is 0. The Morgan fingerprint density at radius 1 is 1.04 bits per heavy atom. The summed E-state index contributed by atoms with van der Waals surface area (Å²) in [5, 5.41) is 6.21. The van der Waals surface area contributed by atoms with Gasteiger partial charge in [-0.05, 0) is 67.8 Å². The lowest BCUT2D eigenvalue weighted by Gasteiger charge is -2.14. The Kier molecular flexibility index (Phi) is 5.04. The van der Waals surface area contributed by atoms with Crippen LogP contribution >= 0.6 is 0 Å². The van der Waals surface area contributed by atoms with Crippen molar-refractivity contribution in [3.8, 4) is 11.5 Å². The first-order chi connectivity index (χ1) is 11.7. The van der Waals surface area contributed by atoms with Gasteiger partial charge in [0.2, 0.25) is 0 Å². The molecule has 4 nitrogen and oxygen atoms in total. The summed E-state index contributed by atoms with van der Waals surface area (Å²) in [6.07, 6.45) is 5.17. The van der Waals surface area contributed by atoms with E-state index >= 15 is 0 Å². The van der Waals surface area contributed by atoms with E-state index in [2.05, 4.69) is 22.8 Å². The zero-order chi connectivity index (χ0) is 16.9. The fraction of sp³-hybridized carbons (Fsp3) is 0.350. The molecule has 1 aliphatic carbocycles. The number of rotatable bonds is 5. The van der Waals surface area contributed by atoms with Gasteiger partial charge < -0.3 is 15.4 Å². The van der Waals surface area contributed by atoms with E-state index in [1.165, 1.54) is 25.7 Å². The lowest BCUT2D eigenvalue weighted by Crippen LogP contribution is -2.18. The molecule has 0 saturated heterocycles. The van der Waals surface area contributed by atoms with Crippen LogP contribution < -0.4 is 15.4 Å². The van der Waals surface area contributed by atoms with Crippen molar-refractivity contribution in [1.29, 1.82) is 0 Å². The molecule has 0 unspecified atom stereocenters. The molecule has 1 aliphatic rings. The molecule has 0 aromatic heterocycles. The van der Waals surface area contributed by atoms with Gasteiger partial charge in [-0.15, -0.1) is 0 Å². The summed E-state index contributed by atoms with van der Waals surface area (Å²) in [7, 11) is 1.63. The third-order valence-electron chi connectivity index (χ3n) is 4.49. The van der Waals surface area contributed by atoms with Crippen LogP contribution in [0, 0.1) is 6.92 Å². The third-order valence-corrected chi connectivity index (χ3v) is 4.49. The van der Waals surface area contributed by atoms with Crippen molar-refractivity contribution in [1.82, 2.24) is 5.32 Å². The summed E-state index contributed by atoms with van der Waals surface area (Å²) in [6, 6.07) is 14.2. The molecule has 1 amide bonds. The van der Waals surface area contributed by atoms with E-state index < -0.39 is 0 Å². The molecule has 3 rings (SSSR count). The van der Waals surface area contributed by atoms with Crippen LogP contribution in [0.3, 0.4) is 0 Å². The summed E-state index contributed by atoms with van der Waals surface area (Å²) in [4.78, 5) is 11.7. The average molecular weight is 324 g/mol. The number of anilines is 1. The van der Waals surface area contributed by atoms with Crippen molar-refractivity contribution in [3.63, 3.8) is 0 Å². The molecule has 0 heterocycles. The van der Waals surface area contributed by atoms with E-state index in [1.807, 2.05) is 31.2 Å². The molecular formula is C20H24N2O2. The van der Waals surface area contributed by atoms with Gasteiger partial charge in [-0.2, -0.15) is 0 Å². The number of nitrogens with one attached hydrogen (secondary N) is 2. The number of carbonyl (C=O) groups excluding carboxylic acids is 1. The van der Waals surface area contributed by atoms with Crippen molar-refractivity contribution in [2.45, 2.75) is 38.6 Å². The Bertz CT molecular complexity index is 704. The highest BCUT2D eigenvalue weighted by Crippen LogP contribution is 2.27. The Morgan fingerprint density at radius 3 is 2.33 bits per heavy atom. The van der Waals surface area contributed by atoms with Gasteiger partial charge in [-0.3, -0.25) is 4.79 Å². The van der Waals surface area contributed by atoms with Gasteiger partial charge in [0.1, 0.15) is 11.5 Å². The minimum absolute atomic E-state index is 0.0820. The largest absolute Gasteiger partial charge is 0.457 e. The molecule has 24 heavy (non-hydrogen) atoms. The highest BCUT2D eigenvalue weighted by molar-refractivity contribution is 5.95. The lowest BCUT2D eigenvalue weighted by molar-refractivity contribution is 0.0962. The normalized spacial score (nSPS) is 14.4. The van der Waals surface area contributed by atoms with Gasteiger partial charge in [-0.1, -0.05) is 12.8 Å². The molecule has 4 heteroatoms. The molecule has 1 fully saturated rings. The van der Waals surface area contributed by atoms with Gasteiger partial charge in [0.25, 0.3) is 5.91 Å². The fourth-order valence-electron chi connectivity index (χ4n) is 3.15. The quantitative estimate of drug-likeness (QED) is 0.851. The number of hydrogen-bond acceptors (Lipinski definition) is 3. The van der Waals surface area contributed by atoms with Crippen LogP contribution in [0.25, 0.3) is 0 Å². The molecule has 0 bridgehead atoms. The molecule has 2 aromatic carbocycles. The lowest BCUT2D eigenvalue weighted by atomic mass is 10.1. The smallest absolute Gasteiger partial charge is 0.251 e. The first kappa shape index (κ1) is 16.4. The maximum atomic E-state index is 11.7. The molecule has 126 valence electrons. The molecule has 2 N–H and O–H groups in total. The van der Waals surface area contributed by atoms with Crippen molar-refractivity contribution in [2.24, 2.45) is 0 Å². The van der Waals surface area contributed by atoms with E-state index in [1.54, 1.807) is 13.1 Å². The zero-order valence-corrected chi connectivity index (χ0v) is 14.3. The number of ether oxygens (including phenoxy) is 1. The second-order valence-corrected chi connectivity index (χ2v) is 6.31. The molecule has 2 aromatic rings. The first-order valence-electron chi connectivity index (χ1n) is 8.53. The third kappa shape index (κ3) is 3.88. The van der Waals surface area contributed by atoms with Crippen LogP contribution in [0.1, 0.15) is 41.6 Å². The number of hydrogen-bond donors (Lipinski definition) is 2. The van der Waals surface area contributed by atoms with Crippen molar-refractivity contribution in [2.75, 3.05) is 12.4 Å². The molecule has 0 radical (unpaired) electrons. The zero-order valence-electron chi connectivity index (χ0n) is 14.3. The van der Waals surface area contributed by atoms with Gasteiger partial charge in [0, 0.05) is 24.3 Å². The van der Waals surface area contributed by atoms with Crippen LogP contribution in [-0.4, -0.2) is 19.0 Å². The Hall–Kier alpha value is -2.49. The minimum Gasteiger partial charge on any atom is -0.457 e. The molecule has 0 spiro atoms. The number of carbonyl (C=O) groups is 1. The number of aryl methyl sites for hydroxylation is 1. The minimum atomic E-state index is -0.0820. The second kappa shape index (κ2) is 7.39. The van der Waals surface area contributed by atoms with Crippen molar-refractivity contribution >= 4 is 11.6 Å². The molecule has 1 saturated carbocycles. The van der Waals surface area contributed by atoms with E-state index in [-0.39, 0.29) is 5.91 Å². The van der Waals surface area contributed by atoms with Crippen molar-refractivity contribution in [3.05, 3.63) is 53.6 Å². The van der Waals surface area contributed by atoms with Gasteiger partial charge in [0.05, 0.1) is 0 Å². The Labute approximate surface area is 143 Å². The van der Waals surface area contributed by atoms with E-state index in [9.17, 15) is 4.79 Å². The van der Waals surface area contributed by atoms with E-state index in [0.717, 1.165) is 22.7 Å². The van der Waals surface area contributed by atoms with Crippen molar-refractivity contribution < 1.29 is 9.53 Å². The number of benzene rings is 2.